The van der Waals surface area contributed by atoms with E-state index in [9.17, 15) is 18.0 Å². The molecule has 0 aliphatic carbocycles. The number of hydrogen-bond acceptors (Lipinski definition) is 4. The van der Waals surface area contributed by atoms with Crippen molar-refractivity contribution in [2.45, 2.75) is 50.6 Å². The molecule has 7 nitrogen and oxygen atoms in total. The molecule has 208 valence electrons. The summed E-state index contributed by atoms with van der Waals surface area (Å²) in [6, 6.07) is 22.1. The zero-order valence-electron chi connectivity index (χ0n) is 22.6. The van der Waals surface area contributed by atoms with E-state index in [-0.39, 0.29) is 23.8 Å². The van der Waals surface area contributed by atoms with Gasteiger partial charge in [-0.05, 0) is 48.7 Å². The highest BCUT2D eigenvalue weighted by atomic mass is 35.5. The first kappa shape index (κ1) is 30.3. The first-order valence-corrected chi connectivity index (χ1v) is 14.8. The smallest absolute Gasteiger partial charge is 0.243 e. The van der Waals surface area contributed by atoms with Gasteiger partial charge in [0.05, 0.1) is 11.4 Å². The van der Waals surface area contributed by atoms with Crippen molar-refractivity contribution in [1.29, 1.82) is 0 Å². The van der Waals surface area contributed by atoms with Crippen LogP contribution in [0.2, 0.25) is 5.02 Å². The van der Waals surface area contributed by atoms with E-state index in [0.29, 0.717) is 11.6 Å². The van der Waals surface area contributed by atoms with E-state index in [0.717, 1.165) is 33.8 Å². The van der Waals surface area contributed by atoms with Crippen molar-refractivity contribution in [3.8, 4) is 0 Å². The molecule has 0 aromatic heterocycles. The molecule has 0 unspecified atom stereocenters. The molecule has 0 saturated heterocycles. The fourth-order valence-corrected chi connectivity index (χ4v) is 5.35. The second-order valence-electron chi connectivity index (χ2n) is 9.57. The second kappa shape index (κ2) is 14.3. The summed E-state index contributed by atoms with van der Waals surface area (Å²) < 4.78 is 27.5. The SMILES string of the molecule is CCCCNC(=O)[C@H](Cc1ccccc1)N(Cc1ccc(Cl)cc1)C(=O)CN(C)S(=O)(=O)c1ccc(C)cc1. The number of benzene rings is 3. The van der Waals surface area contributed by atoms with Crippen LogP contribution in [0.15, 0.2) is 83.8 Å². The van der Waals surface area contributed by atoms with Crippen LogP contribution >= 0.6 is 11.6 Å². The number of unbranched alkanes of at least 4 members (excludes halogenated alkanes) is 1. The number of hydrogen-bond donors (Lipinski definition) is 1. The molecule has 1 N–H and O–H groups in total. The minimum Gasteiger partial charge on any atom is -0.354 e. The molecule has 0 radical (unpaired) electrons. The first-order chi connectivity index (χ1) is 18.6. The summed E-state index contributed by atoms with van der Waals surface area (Å²) in [5.74, 6) is -0.756. The highest BCUT2D eigenvalue weighted by molar-refractivity contribution is 7.89. The van der Waals surface area contributed by atoms with Gasteiger partial charge in [-0.3, -0.25) is 9.59 Å². The predicted molar refractivity (Wildman–Crippen MR) is 155 cm³/mol. The van der Waals surface area contributed by atoms with Crippen molar-refractivity contribution in [3.05, 3.63) is 101 Å². The first-order valence-electron chi connectivity index (χ1n) is 13.0. The Kier molecular flexibility index (Phi) is 11.1. The summed E-state index contributed by atoms with van der Waals surface area (Å²) in [6.07, 6.45) is 2.01. The van der Waals surface area contributed by atoms with Crippen molar-refractivity contribution < 1.29 is 18.0 Å². The summed E-state index contributed by atoms with van der Waals surface area (Å²) in [5.41, 5.74) is 2.60. The normalized spacial score (nSPS) is 12.2. The Balaban J connectivity index is 1.94. The van der Waals surface area contributed by atoms with Gasteiger partial charge in [0.2, 0.25) is 21.8 Å². The van der Waals surface area contributed by atoms with Crippen LogP contribution in [-0.2, 0) is 32.6 Å². The Hall–Kier alpha value is -3.20. The van der Waals surface area contributed by atoms with Gasteiger partial charge in [-0.25, -0.2) is 8.42 Å². The van der Waals surface area contributed by atoms with Crippen LogP contribution < -0.4 is 5.32 Å². The fourth-order valence-electron chi connectivity index (χ4n) is 4.10. The van der Waals surface area contributed by atoms with E-state index in [1.54, 1.807) is 36.4 Å². The number of carbonyl (C=O) groups excluding carboxylic acids is 2. The Morgan fingerprint density at radius 2 is 1.56 bits per heavy atom. The lowest BCUT2D eigenvalue weighted by Crippen LogP contribution is -2.53. The molecule has 3 aromatic rings. The molecular formula is C30H36ClN3O4S. The number of carbonyl (C=O) groups is 2. The molecule has 1 atom stereocenters. The lowest BCUT2D eigenvalue weighted by Gasteiger charge is -2.32. The van der Waals surface area contributed by atoms with Crippen molar-refractivity contribution in [1.82, 2.24) is 14.5 Å². The standard InChI is InChI=1S/C30H36ClN3O4S/c1-4-5-19-32-30(36)28(20-24-9-7-6-8-10-24)34(21-25-13-15-26(31)16-14-25)29(35)22-33(3)39(37,38)27-17-11-23(2)12-18-27/h6-18,28H,4-5,19-22H2,1-3H3,(H,32,36)/t28-/m0/s1. The highest BCUT2D eigenvalue weighted by Crippen LogP contribution is 2.19. The number of halogens is 1. The number of rotatable bonds is 13. The van der Waals surface area contributed by atoms with Crippen LogP contribution in [0.25, 0.3) is 0 Å². The third-order valence-corrected chi connectivity index (χ3v) is 8.52. The maximum absolute atomic E-state index is 13.8. The van der Waals surface area contributed by atoms with Gasteiger partial charge in [-0.2, -0.15) is 4.31 Å². The molecule has 0 aliphatic rings. The van der Waals surface area contributed by atoms with Crippen LogP contribution in [0.3, 0.4) is 0 Å². The van der Waals surface area contributed by atoms with Crippen LogP contribution in [0, 0.1) is 6.92 Å². The number of nitrogens with zero attached hydrogens (tertiary/aromatic N) is 2. The van der Waals surface area contributed by atoms with Crippen molar-refractivity contribution >= 4 is 33.4 Å². The van der Waals surface area contributed by atoms with E-state index in [1.807, 2.05) is 44.2 Å². The van der Waals surface area contributed by atoms with Gasteiger partial charge >= 0.3 is 0 Å². The predicted octanol–water partition coefficient (Wildman–Crippen LogP) is 4.83. The molecular weight excluding hydrogens is 534 g/mol. The average Bonchev–Trinajstić information content (AvgIpc) is 2.92. The third-order valence-electron chi connectivity index (χ3n) is 6.45. The topological polar surface area (TPSA) is 86.8 Å². The Labute approximate surface area is 236 Å². The van der Waals surface area contributed by atoms with Crippen molar-refractivity contribution in [2.24, 2.45) is 0 Å². The molecule has 0 aliphatic heterocycles. The van der Waals surface area contributed by atoms with E-state index in [2.05, 4.69) is 5.32 Å². The van der Waals surface area contributed by atoms with Gasteiger partial charge in [0.25, 0.3) is 0 Å². The zero-order chi connectivity index (χ0) is 28.4. The minimum absolute atomic E-state index is 0.103. The van der Waals surface area contributed by atoms with Crippen LogP contribution in [0.1, 0.15) is 36.5 Å². The average molecular weight is 570 g/mol. The number of likely N-dealkylation sites (N-methyl/N-ethyl adjacent to an activating group) is 1. The van der Waals surface area contributed by atoms with E-state index in [1.165, 1.54) is 24.1 Å². The largest absolute Gasteiger partial charge is 0.354 e. The Bertz CT molecular complexity index is 1330. The van der Waals surface area contributed by atoms with Gasteiger partial charge in [0.15, 0.2) is 0 Å². The van der Waals surface area contributed by atoms with Gasteiger partial charge < -0.3 is 10.2 Å². The van der Waals surface area contributed by atoms with Gasteiger partial charge in [-0.15, -0.1) is 0 Å². The number of amides is 2. The number of nitrogens with one attached hydrogen (secondary N) is 1. The van der Waals surface area contributed by atoms with Crippen LogP contribution in [-0.4, -0.2) is 55.6 Å². The molecule has 3 aromatic carbocycles. The quantitative estimate of drug-likeness (QED) is 0.299. The maximum Gasteiger partial charge on any atom is 0.243 e. The Morgan fingerprint density at radius 3 is 2.18 bits per heavy atom. The molecule has 0 saturated carbocycles. The summed E-state index contributed by atoms with van der Waals surface area (Å²) in [6.45, 7) is 4.10. The number of aryl methyl sites for hydroxylation is 1. The number of sulfonamides is 1. The second-order valence-corrected chi connectivity index (χ2v) is 12.1. The van der Waals surface area contributed by atoms with E-state index >= 15 is 0 Å². The molecule has 0 spiro atoms. The van der Waals surface area contributed by atoms with Crippen LogP contribution in [0.5, 0.6) is 0 Å². The highest BCUT2D eigenvalue weighted by Gasteiger charge is 2.33. The molecule has 9 heteroatoms. The fraction of sp³-hybridized carbons (Fsp3) is 0.333. The van der Waals surface area contributed by atoms with Crippen molar-refractivity contribution in [2.75, 3.05) is 20.1 Å². The van der Waals surface area contributed by atoms with Crippen LogP contribution in [0.4, 0.5) is 0 Å². The van der Waals surface area contributed by atoms with Gasteiger partial charge in [0, 0.05) is 31.6 Å². The molecule has 3 rings (SSSR count). The lowest BCUT2D eigenvalue weighted by molar-refractivity contribution is -0.141. The van der Waals surface area contributed by atoms with Gasteiger partial charge in [0.1, 0.15) is 6.04 Å². The summed E-state index contributed by atoms with van der Waals surface area (Å²) in [4.78, 5) is 28.9. The third kappa shape index (κ3) is 8.65. The Morgan fingerprint density at radius 1 is 0.923 bits per heavy atom. The molecule has 0 bridgehead atoms. The summed E-state index contributed by atoms with van der Waals surface area (Å²) in [7, 11) is -2.54. The van der Waals surface area contributed by atoms with E-state index in [4.69, 9.17) is 11.6 Å². The summed E-state index contributed by atoms with van der Waals surface area (Å²) in [5, 5.41) is 3.52. The molecule has 0 fully saturated rings. The monoisotopic (exact) mass is 569 g/mol. The van der Waals surface area contributed by atoms with Crippen molar-refractivity contribution in [3.63, 3.8) is 0 Å². The minimum atomic E-state index is -3.92. The van der Waals surface area contributed by atoms with E-state index < -0.39 is 28.5 Å². The lowest BCUT2D eigenvalue weighted by atomic mass is 10.0. The maximum atomic E-state index is 13.8. The van der Waals surface area contributed by atoms with Gasteiger partial charge in [-0.1, -0.05) is 85.1 Å². The summed E-state index contributed by atoms with van der Waals surface area (Å²) >= 11 is 6.07. The zero-order valence-corrected chi connectivity index (χ0v) is 24.2. The molecule has 0 heterocycles. The molecule has 39 heavy (non-hydrogen) atoms. The molecule has 2 amide bonds.